The van der Waals surface area contributed by atoms with Gasteiger partial charge in [0.1, 0.15) is 18.8 Å². The third kappa shape index (κ3) is 2.96. The van der Waals surface area contributed by atoms with Crippen LogP contribution in [0.3, 0.4) is 0 Å². The molecule has 5 nitrogen and oxygen atoms in total. The summed E-state index contributed by atoms with van der Waals surface area (Å²) in [7, 11) is 0. The second-order valence-electron chi connectivity index (χ2n) is 3.77. The average molecular weight is 264 g/mol. The highest BCUT2D eigenvalue weighted by molar-refractivity contribution is 7.09. The fourth-order valence-corrected chi connectivity index (χ4v) is 2.27. The Bertz CT molecular complexity index is 487. The van der Waals surface area contributed by atoms with Crippen molar-refractivity contribution in [1.29, 1.82) is 0 Å². The van der Waals surface area contributed by atoms with Crippen molar-refractivity contribution in [2.45, 2.75) is 26.4 Å². The highest BCUT2D eigenvalue weighted by Crippen LogP contribution is 2.24. The molecule has 0 aliphatic heterocycles. The maximum atomic E-state index is 5.74. The molecular weight excluding hydrogens is 248 g/mol. The summed E-state index contributed by atoms with van der Waals surface area (Å²) >= 11 is 1.66. The van der Waals surface area contributed by atoms with Crippen LogP contribution in [0.1, 0.15) is 23.8 Å². The Balaban J connectivity index is 2.15. The molecule has 0 radical (unpaired) electrons. The van der Waals surface area contributed by atoms with Crippen molar-refractivity contribution < 1.29 is 4.74 Å². The van der Waals surface area contributed by atoms with Gasteiger partial charge in [0.2, 0.25) is 5.88 Å². The van der Waals surface area contributed by atoms with Gasteiger partial charge in [0, 0.05) is 4.88 Å². The zero-order valence-corrected chi connectivity index (χ0v) is 11.0. The Morgan fingerprint density at radius 3 is 3.00 bits per heavy atom. The maximum absolute atomic E-state index is 5.74. The Morgan fingerprint density at radius 2 is 2.33 bits per heavy atom. The normalized spacial score (nSPS) is 10.3. The standard InChI is InChI=1S/C12H16N4OS/c1-2-4-10-11(16-13)14-8-15-12(10)17-7-9-5-3-6-18-9/h3,5-6,8H,2,4,7,13H2,1H3,(H,14,15,16). The van der Waals surface area contributed by atoms with Gasteiger partial charge in [0.25, 0.3) is 0 Å². The van der Waals surface area contributed by atoms with E-state index in [2.05, 4.69) is 22.3 Å². The van der Waals surface area contributed by atoms with Crippen LogP contribution in [0.15, 0.2) is 23.8 Å². The topological polar surface area (TPSA) is 73.1 Å². The summed E-state index contributed by atoms with van der Waals surface area (Å²) in [6.45, 7) is 2.62. The second-order valence-corrected chi connectivity index (χ2v) is 4.80. The van der Waals surface area contributed by atoms with Crippen LogP contribution in [-0.4, -0.2) is 9.97 Å². The minimum absolute atomic E-state index is 0.523. The summed E-state index contributed by atoms with van der Waals surface area (Å²) < 4.78 is 5.74. The number of aromatic nitrogens is 2. The zero-order chi connectivity index (χ0) is 12.8. The lowest BCUT2D eigenvalue weighted by molar-refractivity contribution is 0.293. The van der Waals surface area contributed by atoms with Crippen molar-refractivity contribution in [2.75, 3.05) is 5.43 Å². The molecule has 0 amide bonds. The summed E-state index contributed by atoms with van der Waals surface area (Å²) in [4.78, 5) is 9.44. The SMILES string of the molecule is CCCc1c(NN)ncnc1OCc1cccs1. The molecule has 96 valence electrons. The molecule has 2 aromatic heterocycles. The molecule has 6 heteroatoms. The minimum atomic E-state index is 0.523. The first-order valence-corrected chi connectivity index (χ1v) is 6.68. The third-order valence-electron chi connectivity index (χ3n) is 2.47. The van der Waals surface area contributed by atoms with Gasteiger partial charge >= 0.3 is 0 Å². The molecule has 2 aromatic rings. The molecule has 2 rings (SSSR count). The monoisotopic (exact) mass is 264 g/mol. The second kappa shape index (κ2) is 6.32. The van der Waals surface area contributed by atoms with Crippen LogP contribution >= 0.6 is 11.3 Å². The van der Waals surface area contributed by atoms with Crippen LogP contribution in [0.2, 0.25) is 0 Å². The van der Waals surface area contributed by atoms with Gasteiger partial charge in [0.15, 0.2) is 0 Å². The van der Waals surface area contributed by atoms with Crippen LogP contribution in [0, 0.1) is 0 Å². The van der Waals surface area contributed by atoms with E-state index in [4.69, 9.17) is 10.6 Å². The number of anilines is 1. The van der Waals surface area contributed by atoms with Crippen molar-refractivity contribution in [3.8, 4) is 5.88 Å². The minimum Gasteiger partial charge on any atom is -0.472 e. The molecule has 0 saturated carbocycles. The van der Waals surface area contributed by atoms with E-state index < -0.39 is 0 Å². The Morgan fingerprint density at radius 1 is 1.44 bits per heavy atom. The summed E-state index contributed by atoms with van der Waals surface area (Å²) in [5.41, 5.74) is 3.52. The van der Waals surface area contributed by atoms with Gasteiger partial charge in [-0.3, -0.25) is 0 Å². The number of nitrogens with one attached hydrogen (secondary N) is 1. The van der Waals surface area contributed by atoms with Gasteiger partial charge in [-0.15, -0.1) is 11.3 Å². The largest absolute Gasteiger partial charge is 0.472 e. The summed E-state index contributed by atoms with van der Waals surface area (Å²) in [6, 6.07) is 4.04. The molecule has 0 fully saturated rings. The number of hydrogen-bond donors (Lipinski definition) is 2. The zero-order valence-electron chi connectivity index (χ0n) is 10.2. The quantitative estimate of drug-likeness (QED) is 0.619. The molecule has 0 saturated heterocycles. The number of thiophene rings is 1. The molecule has 18 heavy (non-hydrogen) atoms. The summed E-state index contributed by atoms with van der Waals surface area (Å²) in [5.74, 6) is 6.68. The molecule has 0 aliphatic rings. The predicted octanol–water partition coefficient (Wildman–Crippen LogP) is 2.36. The molecule has 0 aromatic carbocycles. The van der Waals surface area contributed by atoms with Crippen molar-refractivity contribution in [3.05, 3.63) is 34.3 Å². The van der Waals surface area contributed by atoms with Gasteiger partial charge in [-0.1, -0.05) is 19.4 Å². The number of hydrazine groups is 1. The molecule has 0 atom stereocenters. The third-order valence-corrected chi connectivity index (χ3v) is 3.32. The first-order chi connectivity index (χ1) is 8.85. The Kier molecular flexibility index (Phi) is 4.49. The summed E-state index contributed by atoms with van der Waals surface area (Å²) in [5, 5.41) is 2.03. The number of nitrogen functional groups attached to an aromatic ring is 1. The number of nitrogens with zero attached hydrogens (tertiary/aromatic N) is 2. The van der Waals surface area contributed by atoms with Gasteiger partial charge in [-0.2, -0.15) is 0 Å². The molecule has 0 bridgehead atoms. The highest BCUT2D eigenvalue weighted by atomic mass is 32.1. The molecule has 3 N–H and O–H groups in total. The summed E-state index contributed by atoms with van der Waals surface area (Å²) in [6.07, 6.45) is 3.27. The Hall–Kier alpha value is -1.66. The van der Waals surface area contributed by atoms with Crippen molar-refractivity contribution in [3.63, 3.8) is 0 Å². The van der Waals surface area contributed by atoms with E-state index in [1.54, 1.807) is 11.3 Å². The molecular formula is C12H16N4OS. The van der Waals surface area contributed by atoms with E-state index >= 15 is 0 Å². The molecule has 0 spiro atoms. The van der Waals surface area contributed by atoms with Gasteiger partial charge < -0.3 is 10.2 Å². The van der Waals surface area contributed by atoms with E-state index in [0.29, 0.717) is 18.3 Å². The van der Waals surface area contributed by atoms with Crippen molar-refractivity contribution in [1.82, 2.24) is 9.97 Å². The van der Waals surface area contributed by atoms with Crippen molar-refractivity contribution >= 4 is 17.2 Å². The van der Waals surface area contributed by atoms with Gasteiger partial charge in [-0.05, 0) is 17.9 Å². The Labute approximate surface area is 110 Å². The van der Waals surface area contributed by atoms with E-state index in [1.807, 2.05) is 17.5 Å². The number of rotatable bonds is 6. The fraction of sp³-hybridized carbons (Fsp3) is 0.333. The molecule has 0 aliphatic carbocycles. The van der Waals surface area contributed by atoms with E-state index in [-0.39, 0.29) is 0 Å². The van der Waals surface area contributed by atoms with E-state index in [0.717, 1.165) is 18.4 Å². The lowest BCUT2D eigenvalue weighted by atomic mass is 10.2. The lowest BCUT2D eigenvalue weighted by Crippen LogP contribution is -2.13. The first-order valence-electron chi connectivity index (χ1n) is 5.80. The number of ether oxygens (including phenoxy) is 1. The van der Waals surface area contributed by atoms with Crippen LogP contribution in [0.25, 0.3) is 0 Å². The first kappa shape index (κ1) is 12.8. The predicted molar refractivity (Wildman–Crippen MR) is 72.5 cm³/mol. The smallest absolute Gasteiger partial charge is 0.222 e. The number of nitrogens with two attached hydrogens (primary N) is 1. The van der Waals surface area contributed by atoms with Crippen LogP contribution < -0.4 is 16.0 Å². The highest BCUT2D eigenvalue weighted by Gasteiger charge is 2.11. The molecule has 0 unspecified atom stereocenters. The molecule has 2 heterocycles. The van der Waals surface area contributed by atoms with Crippen LogP contribution in [0.5, 0.6) is 5.88 Å². The maximum Gasteiger partial charge on any atom is 0.222 e. The fourth-order valence-electron chi connectivity index (χ4n) is 1.65. The van der Waals surface area contributed by atoms with Crippen LogP contribution in [0.4, 0.5) is 5.82 Å². The van der Waals surface area contributed by atoms with E-state index in [9.17, 15) is 0 Å². The lowest BCUT2D eigenvalue weighted by Gasteiger charge is -2.12. The average Bonchev–Trinajstić information content (AvgIpc) is 2.91. The van der Waals surface area contributed by atoms with E-state index in [1.165, 1.54) is 11.2 Å². The van der Waals surface area contributed by atoms with Gasteiger partial charge in [-0.25, -0.2) is 15.8 Å². The number of hydrogen-bond acceptors (Lipinski definition) is 6. The van der Waals surface area contributed by atoms with Crippen molar-refractivity contribution in [2.24, 2.45) is 5.84 Å². The van der Waals surface area contributed by atoms with Crippen LogP contribution in [-0.2, 0) is 13.0 Å². The van der Waals surface area contributed by atoms with Gasteiger partial charge in [0.05, 0.1) is 5.56 Å².